The van der Waals surface area contributed by atoms with Crippen molar-refractivity contribution in [1.82, 2.24) is 4.90 Å². The Kier molecular flexibility index (Phi) is 7.15. The number of aromatic hydroxyl groups is 1. The van der Waals surface area contributed by atoms with E-state index in [1.54, 1.807) is 18.2 Å². The summed E-state index contributed by atoms with van der Waals surface area (Å²) in [6.07, 6.45) is 0.310. The zero-order valence-corrected chi connectivity index (χ0v) is 20.9. The van der Waals surface area contributed by atoms with E-state index in [1.165, 1.54) is 12.1 Å². The van der Waals surface area contributed by atoms with Gasteiger partial charge in [0.05, 0.1) is 6.67 Å². The molecule has 4 nitrogen and oxygen atoms in total. The summed E-state index contributed by atoms with van der Waals surface area (Å²) >= 11 is 0. The van der Waals surface area contributed by atoms with E-state index in [2.05, 4.69) is 11.8 Å². The van der Waals surface area contributed by atoms with Crippen LogP contribution in [0, 0.1) is 17.6 Å². The molecule has 0 spiro atoms. The number of allylic oxidation sites excluding steroid dienone is 1. The largest absolute Gasteiger partial charge is 0.508 e. The molecule has 37 heavy (non-hydrogen) atoms. The lowest BCUT2D eigenvalue weighted by Gasteiger charge is -2.31. The topological polar surface area (TPSA) is 41.9 Å². The molecule has 3 atom stereocenters. The molecule has 1 fully saturated rings. The van der Waals surface area contributed by atoms with E-state index in [1.807, 2.05) is 31.2 Å². The van der Waals surface area contributed by atoms with Gasteiger partial charge in [-0.15, -0.1) is 0 Å². The van der Waals surface area contributed by atoms with Gasteiger partial charge in [-0.25, -0.2) is 8.78 Å². The molecule has 0 aromatic heterocycles. The van der Waals surface area contributed by atoms with Crippen molar-refractivity contribution >= 4 is 11.1 Å². The van der Waals surface area contributed by atoms with Gasteiger partial charge >= 0.3 is 0 Å². The van der Waals surface area contributed by atoms with Crippen LogP contribution in [0.4, 0.5) is 13.2 Å². The standard InChI is InChI=1S/C30H30F3NO3/c1-18(34-12-11-20(15-31)16-34)17-36-24-7-3-21(4-8-24)30-29(22-5-9-26(32)27(33)13-22)19(2)25-14-23(35)6-10-28(25)37-30/h3-10,13-14,18,20,30,35H,11-12,15-17H2,1-2H3/t18-,20-,30?/m0/s1. The molecule has 3 aromatic carbocycles. The van der Waals surface area contributed by atoms with Gasteiger partial charge < -0.3 is 14.6 Å². The van der Waals surface area contributed by atoms with Crippen molar-refractivity contribution in [3.8, 4) is 17.2 Å². The predicted octanol–water partition coefficient (Wildman–Crippen LogP) is 6.79. The molecule has 0 bridgehead atoms. The van der Waals surface area contributed by atoms with Crippen LogP contribution in [0.25, 0.3) is 11.1 Å². The Hall–Kier alpha value is -3.45. The second kappa shape index (κ2) is 10.5. The highest BCUT2D eigenvalue weighted by Gasteiger charge is 2.30. The molecule has 0 amide bonds. The molecular formula is C30H30F3NO3. The molecule has 7 heteroatoms. The quantitative estimate of drug-likeness (QED) is 0.381. The van der Waals surface area contributed by atoms with Crippen molar-refractivity contribution in [3.05, 3.63) is 89.0 Å². The first kappa shape index (κ1) is 25.2. The van der Waals surface area contributed by atoms with Gasteiger partial charge in [0.1, 0.15) is 30.0 Å². The van der Waals surface area contributed by atoms with Crippen molar-refractivity contribution in [2.75, 3.05) is 26.4 Å². The number of phenolic OH excluding ortho intramolecular Hbond substituents is 1. The van der Waals surface area contributed by atoms with Crippen LogP contribution in [0.3, 0.4) is 0 Å². The zero-order chi connectivity index (χ0) is 26.1. The minimum atomic E-state index is -0.938. The van der Waals surface area contributed by atoms with Gasteiger partial charge in [0.2, 0.25) is 0 Å². The van der Waals surface area contributed by atoms with Crippen LogP contribution in [0.5, 0.6) is 17.2 Å². The Morgan fingerprint density at radius 1 is 1.05 bits per heavy atom. The molecule has 194 valence electrons. The third kappa shape index (κ3) is 5.18. The molecule has 1 N–H and O–H groups in total. The van der Waals surface area contributed by atoms with Gasteiger partial charge in [-0.1, -0.05) is 18.2 Å². The van der Waals surface area contributed by atoms with E-state index < -0.39 is 17.7 Å². The van der Waals surface area contributed by atoms with Crippen molar-refractivity contribution < 1.29 is 27.8 Å². The maximum Gasteiger partial charge on any atom is 0.159 e. The second-order valence-corrected chi connectivity index (χ2v) is 9.88. The lowest BCUT2D eigenvalue weighted by molar-refractivity contribution is 0.165. The summed E-state index contributed by atoms with van der Waals surface area (Å²) in [5, 5.41) is 10.0. The number of alkyl halides is 1. The lowest BCUT2D eigenvalue weighted by Crippen LogP contribution is -2.35. The molecule has 1 unspecified atom stereocenters. The van der Waals surface area contributed by atoms with Crippen LogP contribution in [-0.4, -0.2) is 42.4 Å². The summed E-state index contributed by atoms with van der Waals surface area (Å²) in [4.78, 5) is 2.26. The monoisotopic (exact) mass is 509 g/mol. The summed E-state index contributed by atoms with van der Waals surface area (Å²) in [5.41, 5.74) is 3.52. The fourth-order valence-electron chi connectivity index (χ4n) is 5.16. The van der Waals surface area contributed by atoms with E-state index in [0.29, 0.717) is 34.8 Å². The molecular weight excluding hydrogens is 479 g/mol. The molecule has 0 saturated carbocycles. The molecule has 0 aliphatic carbocycles. The van der Waals surface area contributed by atoms with E-state index in [0.717, 1.165) is 36.7 Å². The van der Waals surface area contributed by atoms with E-state index >= 15 is 0 Å². The third-order valence-electron chi connectivity index (χ3n) is 7.34. The highest BCUT2D eigenvalue weighted by Crippen LogP contribution is 2.47. The summed E-state index contributed by atoms with van der Waals surface area (Å²) in [5.74, 6) is -0.350. The lowest BCUT2D eigenvalue weighted by atomic mass is 9.86. The van der Waals surface area contributed by atoms with Gasteiger partial charge in [-0.05, 0) is 86.0 Å². The number of halogens is 3. The van der Waals surface area contributed by atoms with Gasteiger partial charge in [0.15, 0.2) is 11.6 Å². The minimum Gasteiger partial charge on any atom is -0.508 e. The Labute approximate surface area is 215 Å². The summed E-state index contributed by atoms with van der Waals surface area (Å²) in [6, 6.07) is 16.4. The summed E-state index contributed by atoms with van der Waals surface area (Å²) in [6.45, 7) is 5.83. The van der Waals surface area contributed by atoms with Crippen molar-refractivity contribution in [2.24, 2.45) is 5.92 Å². The van der Waals surface area contributed by atoms with Crippen molar-refractivity contribution in [3.63, 3.8) is 0 Å². The van der Waals surface area contributed by atoms with Gasteiger partial charge in [-0.3, -0.25) is 9.29 Å². The first-order chi connectivity index (χ1) is 17.8. The first-order valence-electron chi connectivity index (χ1n) is 12.5. The number of benzene rings is 3. The third-order valence-corrected chi connectivity index (χ3v) is 7.34. The minimum absolute atomic E-state index is 0.0923. The van der Waals surface area contributed by atoms with Gasteiger partial charge in [0, 0.05) is 29.6 Å². The zero-order valence-electron chi connectivity index (χ0n) is 20.9. The average Bonchev–Trinajstić information content (AvgIpc) is 3.39. The number of hydrogen-bond donors (Lipinski definition) is 1. The number of rotatable bonds is 7. The summed E-state index contributed by atoms with van der Waals surface area (Å²) < 4.78 is 53.2. The van der Waals surface area contributed by atoms with Crippen LogP contribution < -0.4 is 9.47 Å². The second-order valence-electron chi connectivity index (χ2n) is 9.88. The van der Waals surface area contributed by atoms with E-state index in [9.17, 15) is 18.3 Å². The van der Waals surface area contributed by atoms with Crippen molar-refractivity contribution in [1.29, 1.82) is 0 Å². The first-order valence-corrected chi connectivity index (χ1v) is 12.5. The molecule has 0 radical (unpaired) electrons. The number of fused-ring (bicyclic) bond motifs is 1. The van der Waals surface area contributed by atoms with Crippen LogP contribution in [0.2, 0.25) is 0 Å². The van der Waals surface area contributed by atoms with E-state index in [-0.39, 0.29) is 24.4 Å². The maximum absolute atomic E-state index is 14.2. The molecule has 3 aromatic rings. The highest BCUT2D eigenvalue weighted by atomic mass is 19.2. The normalized spacial score (nSPS) is 20.5. The van der Waals surface area contributed by atoms with Crippen LogP contribution >= 0.6 is 0 Å². The number of phenols is 1. The number of likely N-dealkylation sites (tertiary alicyclic amines) is 1. The number of hydrogen-bond acceptors (Lipinski definition) is 4. The molecule has 5 rings (SSSR count). The number of nitrogens with zero attached hydrogens (tertiary/aromatic N) is 1. The van der Waals surface area contributed by atoms with Gasteiger partial charge in [0.25, 0.3) is 0 Å². The van der Waals surface area contributed by atoms with E-state index in [4.69, 9.17) is 9.47 Å². The summed E-state index contributed by atoms with van der Waals surface area (Å²) in [7, 11) is 0. The molecule has 2 heterocycles. The molecule has 2 aliphatic rings. The van der Waals surface area contributed by atoms with Gasteiger partial charge in [-0.2, -0.15) is 0 Å². The predicted molar refractivity (Wildman–Crippen MR) is 137 cm³/mol. The Bertz CT molecular complexity index is 1310. The molecule has 1 saturated heterocycles. The van der Waals surface area contributed by atoms with Crippen LogP contribution in [0.1, 0.15) is 43.1 Å². The Balaban J connectivity index is 1.39. The fourth-order valence-corrected chi connectivity index (χ4v) is 5.16. The fraction of sp³-hybridized carbons (Fsp3) is 0.333. The highest BCUT2D eigenvalue weighted by molar-refractivity contribution is 5.95. The van der Waals surface area contributed by atoms with Crippen molar-refractivity contribution in [2.45, 2.75) is 32.4 Å². The smallest absolute Gasteiger partial charge is 0.159 e. The average molecular weight is 510 g/mol. The van der Waals surface area contributed by atoms with Crippen LogP contribution in [-0.2, 0) is 0 Å². The maximum atomic E-state index is 14.2. The SMILES string of the molecule is CC1=C(c2ccc(F)c(F)c2)C(c2ccc(OC[C@H](C)N3CC[C@@H](CF)C3)cc2)Oc2ccc(O)cc21. The van der Waals surface area contributed by atoms with Crippen LogP contribution in [0.15, 0.2) is 60.7 Å². The Morgan fingerprint density at radius 2 is 1.84 bits per heavy atom. The molecule has 2 aliphatic heterocycles. The Morgan fingerprint density at radius 3 is 2.54 bits per heavy atom. The number of ether oxygens (including phenoxy) is 2.